The molecule has 1 aromatic carbocycles. The van der Waals surface area contributed by atoms with E-state index in [1.165, 1.54) is 30.7 Å². The first-order valence-corrected chi connectivity index (χ1v) is 8.70. The van der Waals surface area contributed by atoms with Crippen LogP contribution in [0.25, 0.3) is 11.1 Å². The van der Waals surface area contributed by atoms with E-state index in [4.69, 9.17) is 4.84 Å². The molecule has 0 saturated heterocycles. The van der Waals surface area contributed by atoms with Gasteiger partial charge in [0.15, 0.2) is 0 Å². The molecule has 0 aliphatic heterocycles. The Labute approximate surface area is 142 Å². The number of nitrogens with one attached hydrogen (secondary N) is 1. The van der Waals surface area contributed by atoms with Crippen LogP contribution in [0.3, 0.4) is 0 Å². The zero-order valence-corrected chi connectivity index (χ0v) is 13.9. The van der Waals surface area contributed by atoms with Crippen LogP contribution in [0, 0.1) is 17.8 Å². The van der Waals surface area contributed by atoms with Gasteiger partial charge in [-0.15, -0.1) is 0 Å². The summed E-state index contributed by atoms with van der Waals surface area (Å²) in [5.41, 5.74) is 2.71. The van der Waals surface area contributed by atoms with Gasteiger partial charge in [0.2, 0.25) is 0 Å². The van der Waals surface area contributed by atoms with Crippen LogP contribution >= 0.6 is 0 Å². The number of hydroxylamine groups is 2. The molecule has 3 atom stereocenters. The molecule has 126 valence electrons. The fourth-order valence-corrected chi connectivity index (χ4v) is 4.41. The lowest BCUT2D eigenvalue weighted by molar-refractivity contribution is -0.106. The average molecular weight is 325 g/mol. The van der Waals surface area contributed by atoms with E-state index < -0.39 is 0 Å². The number of hydrogen-bond acceptors (Lipinski definition) is 3. The number of benzene rings is 1. The largest absolute Gasteiger partial charge is 0.285 e. The Bertz CT molecular complexity index is 696. The minimum atomic E-state index is -0.0565. The Morgan fingerprint density at radius 1 is 1.25 bits per heavy atom. The van der Waals surface area contributed by atoms with E-state index in [-0.39, 0.29) is 5.91 Å². The Hall–Kier alpha value is -2.14. The average Bonchev–Trinajstić information content (AvgIpc) is 3.36. The number of rotatable bonds is 5. The highest BCUT2D eigenvalue weighted by atomic mass is 16.7. The molecule has 4 rings (SSSR count). The minimum Gasteiger partial charge on any atom is -0.285 e. The van der Waals surface area contributed by atoms with Crippen LogP contribution in [0.2, 0.25) is 0 Å². The van der Waals surface area contributed by atoms with Crippen LogP contribution < -0.4 is 0 Å². The van der Waals surface area contributed by atoms with Crippen molar-refractivity contribution in [3.05, 3.63) is 42.2 Å². The number of fused-ring (bicyclic) bond motifs is 2. The molecule has 1 amide bonds. The van der Waals surface area contributed by atoms with E-state index in [9.17, 15) is 4.79 Å². The van der Waals surface area contributed by atoms with E-state index in [0.717, 1.165) is 23.0 Å². The lowest BCUT2D eigenvalue weighted by Crippen LogP contribution is -2.36. The molecule has 3 unspecified atom stereocenters. The second kappa shape index (κ2) is 6.40. The van der Waals surface area contributed by atoms with Crippen molar-refractivity contribution in [2.45, 2.75) is 25.7 Å². The van der Waals surface area contributed by atoms with Crippen molar-refractivity contribution in [2.24, 2.45) is 17.8 Å². The molecule has 2 aliphatic carbocycles. The van der Waals surface area contributed by atoms with Crippen LogP contribution in [-0.2, 0) is 4.84 Å². The standard InChI is InChI=1S/C19H23N3O2/c1-24-22(12-17-9-13-2-3-16(17)8-13)19(23)15-6-4-14(5-7-15)18-10-20-21-11-18/h4-7,10-11,13,16-17H,2-3,8-9,12H2,1H3,(H,20,21). The fourth-order valence-electron chi connectivity index (χ4n) is 4.41. The second-order valence-electron chi connectivity index (χ2n) is 7.05. The molecule has 2 aliphatic rings. The third kappa shape index (κ3) is 2.84. The van der Waals surface area contributed by atoms with Crippen molar-refractivity contribution in [1.29, 1.82) is 0 Å². The van der Waals surface area contributed by atoms with Crippen molar-refractivity contribution in [2.75, 3.05) is 13.7 Å². The zero-order chi connectivity index (χ0) is 16.5. The fraction of sp³-hybridized carbons (Fsp3) is 0.474. The van der Waals surface area contributed by atoms with Gasteiger partial charge < -0.3 is 0 Å². The van der Waals surface area contributed by atoms with Gasteiger partial charge in [-0.3, -0.25) is 14.7 Å². The van der Waals surface area contributed by atoms with Gasteiger partial charge >= 0.3 is 0 Å². The Morgan fingerprint density at radius 2 is 2.08 bits per heavy atom. The van der Waals surface area contributed by atoms with Crippen molar-refractivity contribution < 1.29 is 9.63 Å². The van der Waals surface area contributed by atoms with Gasteiger partial charge in [0.25, 0.3) is 5.91 Å². The normalized spacial score (nSPS) is 25.1. The van der Waals surface area contributed by atoms with Crippen LogP contribution in [-0.4, -0.2) is 34.8 Å². The highest BCUT2D eigenvalue weighted by Crippen LogP contribution is 2.48. The van der Waals surface area contributed by atoms with Gasteiger partial charge in [0.05, 0.1) is 19.9 Å². The van der Waals surface area contributed by atoms with Crippen LogP contribution in [0.4, 0.5) is 0 Å². The minimum absolute atomic E-state index is 0.0565. The van der Waals surface area contributed by atoms with E-state index in [0.29, 0.717) is 18.0 Å². The molecule has 2 saturated carbocycles. The van der Waals surface area contributed by atoms with Gasteiger partial charge in [0, 0.05) is 17.3 Å². The number of hydrogen-bond donors (Lipinski definition) is 1. The molecule has 0 spiro atoms. The summed E-state index contributed by atoms with van der Waals surface area (Å²) in [7, 11) is 1.59. The first-order valence-electron chi connectivity index (χ1n) is 8.70. The van der Waals surface area contributed by atoms with E-state index in [2.05, 4.69) is 10.2 Å². The monoisotopic (exact) mass is 325 g/mol. The number of carbonyl (C=O) groups is 1. The van der Waals surface area contributed by atoms with Gasteiger partial charge in [-0.05, 0) is 54.7 Å². The number of nitrogens with zero attached hydrogens (tertiary/aromatic N) is 2. The summed E-state index contributed by atoms with van der Waals surface area (Å²) < 4.78 is 0. The summed E-state index contributed by atoms with van der Waals surface area (Å²) in [5, 5.41) is 8.29. The molecule has 2 aromatic rings. The maximum Gasteiger partial charge on any atom is 0.277 e. The van der Waals surface area contributed by atoms with E-state index >= 15 is 0 Å². The van der Waals surface area contributed by atoms with Gasteiger partial charge in [0.1, 0.15) is 0 Å². The number of aromatic amines is 1. The van der Waals surface area contributed by atoms with Gasteiger partial charge in [-0.1, -0.05) is 18.6 Å². The predicted octanol–water partition coefficient (Wildman–Crippen LogP) is 3.52. The highest BCUT2D eigenvalue weighted by molar-refractivity contribution is 5.94. The van der Waals surface area contributed by atoms with Crippen LogP contribution in [0.15, 0.2) is 36.7 Å². The maximum atomic E-state index is 12.8. The molecule has 1 heterocycles. The van der Waals surface area contributed by atoms with Crippen LogP contribution in [0.5, 0.6) is 0 Å². The molecular formula is C19H23N3O2. The molecule has 24 heavy (non-hydrogen) atoms. The van der Waals surface area contributed by atoms with Gasteiger partial charge in [-0.25, -0.2) is 5.06 Å². The summed E-state index contributed by atoms with van der Waals surface area (Å²) in [6.07, 6.45) is 8.89. The lowest BCUT2D eigenvalue weighted by atomic mass is 9.88. The molecule has 2 fully saturated rings. The Kier molecular flexibility index (Phi) is 4.10. The molecular weight excluding hydrogens is 302 g/mol. The summed E-state index contributed by atoms with van der Waals surface area (Å²) in [6, 6.07) is 7.61. The van der Waals surface area contributed by atoms with Crippen molar-refractivity contribution in [3.8, 4) is 11.1 Å². The van der Waals surface area contributed by atoms with Crippen molar-refractivity contribution >= 4 is 5.91 Å². The highest BCUT2D eigenvalue weighted by Gasteiger charge is 2.40. The summed E-state index contributed by atoms with van der Waals surface area (Å²) >= 11 is 0. The first kappa shape index (κ1) is 15.4. The maximum absolute atomic E-state index is 12.8. The molecule has 1 aromatic heterocycles. The molecule has 5 nitrogen and oxygen atoms in total. The summed E-state index contributed by atoms with van der Waals surface area (Å²) in [6.45, 7) is 0.708. The summed E-state index contributed by atoms with van der Waals surface area (Å²) in [5.74, 6) is 2.20. The smallest absolute Gasteiger partial charge is 0.277 e. The summed E-state index contributed by atoms with van der Waals surface area (Å²) in [4.78, 5) is 18.2. The Balaban J connectivity index is 1.45. The predicted molar refractivity (Wildman–Crippen MR) is 91.0 cm³/mol. The topological polar surface area (TPSA) is 58.2 Å². The lowest BCUT2D eigenvalue weighted by Gasteiger charge is -2.28. The third-order valence-corrected chi connectivity index (χ3v) is 5.70. The van der Waals surface area contributed by atoms with Crippen molar-refractivity contribution in [3.63, 3.8) is 0 Å². The number of H-pyrrole nitrogens is 1. The molecule has 5 heteroatoms. The van der Waals surface area contributed by atoms with Crippen LogP contribution in [0.1, 0.15) is 36.0 Å². The number of amides is 1. The van der Waals surface area contributed by atoms with E-state index in [1.54, 1.807) is 13.3 Å². The zero-order valence-electron chi connectivity index (χ0n) is 13.9. The molecule has 1 N–H and O–H groups in total. The quantitative estimate of drug-likeness (QED) is 0.856. The third-order valence-electron chi connectivity index (χ3n) is 5.70. The van der Waals surface area contributed by atoms with Crippen molar-refractivity contribution in [1.82, 2.24) is 15.3 Å². The second-order valence-corrected chi connectivity index (χ2v) is 7.05. The SMILES string of the molecule is CON(CC1CC2CCC1C2)C(=O)c1ccc(-c2cn[nH]c2)cc1. The number of aromatic nitrogens is 2. The molecule has 2 bridgehead atoms. The molecule has 0 radical (unpaired) electrons. The Morgan fingerprint density at radius 3 is 2.67 bits per heavy atom. The van der Waals surface area contributed by atoms with Gasteiger partial charge in [-0.2, -0.15) is 5.10 Å². The van der Waals surface area contributed by atoms with E-state index in [1.807, 2.05) is 30.5 Å². The number of carbonyl (C=O) groups excluding carboxylic acids is 1. The first-order chi connectivity index (χ1) is 11.7.